The average Bonchev–Trinajstić information content (AvgIpc) is 2.71. The van der Waals surface area contributed by atoms with Gasteiger partial charge in [-0.15, -0.1) is 0 Å². The molecule has 170 valence electrons. The van der Waals surface area contributed by atoms with E-state index in [4.69, 9.17) is 17.3 Å². The number of aliphatic imine (C=N–C) groups is 1. The molecule has 6 nitrogen and oxygen atoms in total. The number of allylic oxidation sites excluding steroid dienone is 1. The first-order chi connectivity index (χ1) is 15.2. The van der Waals surface area contributed by atoms with Crippen LogP contribution in [0.4, 0.5) is 5.69 Å². The van der Waals surface area contributed by atoms with Gasteiger partial charge in [0.05, 0.1) is 6.04 Å². The van der Waals surface area contributed by atoms with E-state index in [-0.39, 0.29) is 11.9 Å². The molecule has 1 heterocycles. The topological polar surface area (TPSA) is 74.0 Å². The van der Waals surface area contributed by atoms with E-state index < -0.39 is 0 Å². The molecule has 7 heteroatoms. The summed E-state index contributed by atoms with van der Waals surface area (Å²) in [5.41, 5.74) is 11.0. The smallest absolute Gasteiger partial charge is 0.252 e. The highest BCUT2D eigenvalue weighted by atomic mass is 35.5. The van der Waals surface area contributed by atoms with Crippen LogP contribution in [0.5, 0.6) is 0 Å². The SMILES string of the molecule is CN=C/C(=C\N)c1cc(Cl)cc([C@@H](C)NC(=O)c2cc(N3CC(N(C)C)C3)ccc2C)c1. The maximum Gasteiger partial charge on any atom is 0.252 e. The molecule has 0 radical (unpaired) electrons. The van der Waals surface area contributed by atoms with Crippen molar-refractivity contribution in [1.29, 1.82) is 0 Å². The van der Waals surface area contributed by atoms with Crippen molar-refractivity contribution in [2.45, 2.75) is 25.9 Å². The number of carbonyl (C=O) groups excluding carboxylic acids is 1. The Bertz CT molecular complexity index is 1040. The van der Waals surface area contributed by atoms with Crippen molar-refractivity contribution >= 4 is 35.0 Å². The summed E-state index contributed by atoms with van der Waals surface area (Å²) in [6, 6.07) is 12.1. The fourth-order valence-electron chi connectivity index (χ4n) is 3.78. The van der Waals surface area contributed by atoms with E-state index in [9.17, 15) is 4.79 Å². The second kappa shape index (κ2) is 10.2. The van der Waals surface area contributed by atoms with Gasteiger partial charge in [-0.2, -0.15) is 0 Å². The first kappa shape index (κ1) is 23.8. The van der Waals surface area contributed by atoms with E-state index >= 15 is 0 Å². The van der Waals surface area contributed by atoms with Gasteiger partial charge in [-0.3, -0.25) is 9.79 Å². The molecular formula is C25H32ClN5O. The minimum absolute atomic E-state index is 0.104. The highest BCUT2D eigenvalue weighted by molar-refractivity contribution is 6.31. The Morgan fingerprint density at radius 3 is 2.62 bits per heavy atom. The van der Waals surface area contributed by atoms with Gasteiger partial charge in [0.2, 0.25) is 0 Å². The van der Waals surface area contributed by atoms with E-state index in [1.807, 2.05) is 44.2 Å². The van der Waals surface area contributed by atoms with Crippen LogP contribution in [0.2, 0.25) is 5.02 Å². The number of hydrogen-bond donors (Lipinski definition) is 2. The van der Waals surface area contributed by atoms with Crippen LogP contribution in [0, 0.1) is 6.92 Å². The van der Waals surface area contributed by atoms with Gasteiger partial charge in [0.15, 0.2) is 0 Å². The number of benzene rings is 2. The highest BCUT2D eigenvalue weighted by Crippen LogP contribution is 2.27. The number of anilines is 1. The van der Waals surface area contributed by atoms with Crippen molar-refractivity contribution in [2.24, 2.45) is 10.7 Å². The summed E-state index contributed by atoms with van der Waals surface area (Å²) < 4.78 is 0. The Morgan fingerprint density at radius 2 is 2.00 bits per heavy atom. The molecule has 0 aromatic heterocycles. The molecule has 1 atom stereocenters. The summed E-state index contributed by atoms with van der Waals surface area (Å²) in [5.74, 6) is -0.104. The quantitative estimate of drug-likeness (QED) is 0.624. The fourth-order valence-corrected chi connectivity index (χ4v) is 4.03. The van der Waals surface area contributed by atoms with Crippen LogP contribution >= 0.6 is 11.6 Å². The molecular weight excluding hydrogens is 422 g/mol. The Hall–Kier alpha value is -2.83. The van der Waals surface area contributed by atoms with E-state index in [0.717, 1.165) is 41.0 Å². The third-order valence-corrected chi connectivity index (χ3v) is 6.19. The van der Waals surface area contributed by atoms with Crippen LogP contribution in [0.1, 0.15) is 40.0 Å². The van der Waals surface area contributed by atoms with Crippen LogP contribution in [-0.4, -0.2) is 57.3 Å². The second-order valence-electron chi connectivity index (χ2n) is 8.50. The Morgan fingerprint density at radius 1 is 1.28 bits per heavy atom. The molecule has 1 amide bonds. The fraction of sp³-hybridized carbons (Fsp3) is 0.360. The lowest BCUT2D eigenvalue weighted by Crippen LogP contribution is -2.57. The van der Waals surface area contributed by atoms with Gasteiger partial charge in [0.25, 0.3) is 5.91 Å². The molecule has 0 aliphatic carbocycles. The minimum atomic E-state index is -0.234. The molecule has 32 heavy (non-hydrogen) atoms. The number of halogens is 1. The third-order valence-electron chi connectivity index (χ3n) is 5.97. The van der Waals surface area contributed by atoms with Crippen molar-refractivity contribution < 1.29 is 4.79 Å². The lowest BCUT2D eigenvalue weighted by atomic mass is 9.99. The van der Waals surface area contributed by atoms with Crippen LogP contribution in [0.3, 0.4) is 0 Å². The zero-order valence-corrected chi connectivity index (χ0v) is 20.1. The molecule has 1 saturated heterocycles. The summed E-state index contributed by atoms with van der Waals surface area (Å²) in [6.07, 6.45) is 3.18. The van der Waals surface area contributed by atoms with Gasteiger partial charge in [0.1, 0.15) is 0 Å². The molecule has 1 aliphatic heterocycles. The number of nitrogens with zero attached hydrogens (tertiary/aromatic N) is 3. The molecule has 0 saturated carbocycles. The van der Waals surface area contributed by atoms with Gasteiger partial charge < -0.3 is 20.9 Å². The molecule has 1 aliphatic rings. The molecule has 1 fully saturated rings. The number of aryl methyl sites for hydroxylation is 1. The standard InChI is InChI=1S/C25H32ClN5O/c1-16-6-7-22(31-14-23(15-31)30(4)5)11-24(16)25(32)29-17(2)18-8-19(10-21(26)9-18)20(12-27)13-28-3/h6-13,17,23H,14-15,27H2,1-5H3,(H,29,32)/b20-12+,28-13?/t17-/m1/s1. The highest BCUT2D eigenvalue weighted by Gasteiger charge is 2.29. The van der Waals surface area contributed by atoms with E-state index in [0.29, 0.717) is 16.6 Å². The molecule has 3 N–H and O–H groups in total. The Kier molecular flexibility index (Phi) is 7.59. The maximum atomic E-state index is 13.1. The van der Waals surface area contributed by atoms with Gasteiger partial charge in [-0.25, -0.2) is 0 Å². The molecule has 2 aromatic carbocycles. The van der Waals surface area contributed by atoms with E-state index in [1.54, 1.807) is 13.3 Å². The Balaban J connectivity index is 1.78. The summed E-state index contributed by atoms with van der Waals surface area (Å²) in [5, 5.41) is 3.69. The normalized spacial score (nSPS) is 15.8. The number of amides is 1. The van der Waals surface area contributed by atoms with Gasteiger partial charge >= 0.3 is 0 Å². The summed E-state index contributed by atoms with van der Waals surface area (Å²) in [6.45, 7) is 5.85. The van der Waals surface area contributed by atoms with E-state index in [1.165, 1.54) is 6.20 Å². The first-order valence-corrected chi connectivity index (χ1v) is 11.1. The Labute approximate surface area is 195 Å². The number of nitrogens with one attached hydrogen (secondary N) is 1. The third kappa shape index (κ3) is 5.31. The van der Waals surface area contributed by atoms with Crippen LogP contribution < -0.4 is 16.0 Å². The number of nitrogens with two attached hydrogens (primary N) is 1. The van der Waals surface area contributed by atoms with Gasteiger partial charge in [-0.05, 0) is 75.0 Å². The maximum absolute atomic E-state index is 13.1. The van der Waals surface area contributed by atoms with Crippen molar-refractivity contribution in [2.75, 3.05) is 39.1 Å². The molecule has 3 rings (SSSR count). The second-order valence-corrected chi connectivity index (χ2v) is 8.94. The van der Waals surface area contributed by atoms with Crippen molar-refractivity contribution in [3.05, 3.63) is 69.9 Å². The van der Waals surface area contributed by atoms with Crippen molar-refractivity contribution in [3.8, 4) is 0 Å². The number of likely N-dealkylation sites (N-methyl/N-ethyl adjacent to an activating group) is 1. The lowest BCUT2D eigenvalue weighted by Gasteiger charge is -2.44. The summed E-state index contributed by atoms with van der Waals surface area (Å²) >= 11 is 6.35. The number of hydrogen-bond acceptors (Lipinski definition) is 5. The largest absolute Gasteiger partial charge is 0.404 e. The monoisotopic (exact) mass is 453 g/mol. The number of rotatable bonds is 7. The average molecular weight is 454 g/mol. The van der Waals surface area contributed by atoms with Crippen molar-refractivity contribution in [3.63, 3.8) is 0 Å². The summed E-state index contributed by atoms with van der Waals surface area (Å²) in [7, 11) is 5.88. The zero-order chi connectivity index (χ0) is 23.4. The predicted molar refractivity (Wildman–Crippen MR) is 135 cm³/mol. The predicted octanol–water partition coefficient (Wildman–Crippen LogP) is 3.89. The minimum Gasteiger partial charge on any atom is -0.404 e. The summed E-state index contributed by atoms with van der Waals surface area (Å²) in [4.78, 5) is 21.7. The molecule has 0 spiro atoms. The molecule has 2 aromatic rings. The lowest BCUT2D eigenvalue weighted by molar-refractivity contribution is 0.0939. The van der Waals surface area contributed by atoms with E-state index in [2.05, 4.69) is 40.3 Å². The van der Waals surface area contributed by atoms with Crippen molar-refractivity contribution in [1.82, 2.24) is 10.2 Å². The van der Waals surface area contributed by atoms with Gasteiger partial charge in [-0.1, -0.05) is 17.7 Å². The first-order valence-electron chi connectivity index (χ1n) is 10.7. The number of carbonyl (C=O) groups is 1. The van der Waals surface area contributed by atoms with Crippen LogP contribution in [0.25, 0.3) is 5.57 Å². The molecule has 0 bridgehead atoms. The van der Waals surface area contributed by atoms with Crippen LogP contribution in [-0.2, 0) is 0 Å². The molecule has 0 unspecified atom stereocenters. The van der Waals surface area contributed by atoms with Gasteiger partial charge in [0, 0.05) is 60.4 Å². The van der Waals surface area contributed by atoms with Crippen LogP contribution in [0.15, 0.2) is 47.6 Å². The zero-order valence-electron chi connectivity index (χ0n) is 19.4.